The van der Waals surface area contributed by atoms with E-state index in [1.54, 1.807) is 24.3 Å². The molecule has 2 aromatic carbocycles. The Hall–Kier alpha value is -1.85. The number of benzene rings is 2. The molecule has 0 heterocycles. The highest BCUT2D eigenvalue weighted by Crippen LogP contribution is 2.28. The first-order valence-corrected chi connectivity index (χ1v) is 7.40. The van der Waals surface area contributed by atoms with Gasteiger partial charge in [0.05, 0.1) is 9.50 Å². The van der Waals surface area contributed by atoms with Gasteiger partial charge in [-0.15, -0.1) is 0 Å². The minimum Gasteiger partial charge on any atom is -0.488 e. The molecule has 0 amide bonds. The molecule has 114 valence electrons. The smallest absolute Gasteiger partial charge is 0.328 e. The predicted octanol–water partition coefficient (Wildman–Crippen LogP) is 4.92. The first-order chi connectivity index (χ1) is 10.5. The molecule has 0 radical (unpaired) electrons. The van der Waals surface area contributed by atoms with Crippen LogP contribution in [0.4, 0.5) is 4.39 Å². The quantitative estimate of drug-likeness (QED) is 0.743. The van der Waals surface area contributed by atoms with Gasteiger partial charge in [0.1, 0.15) is 18.2 Å². The third kappa shape index (κ3) is 4.58. The number of aliphatic carboxylic acids is 1. The van der Waals surface area contributed by atoms with E-state index in [1.807, 2.05) is 0 Å². The Kier molecular flexibility index (Phi) is 5.57. The van der Waals surface area contributed by atoms with Gasteiger partial charge >= 0.3 is 5.97 Å². The second-order valence-electron chi connectivity index (χ2n) is 4.39. The molecule has 0 saturated heterocycles. The van der Waals surface area contributed by atoms with E-state index in [0.29, 0.717) is 20.8 Å². The molecule has 0 atom stereocenters. The fraction of sp³-hybridized carbons (Fsp3) is 0.0625. The molecule has 0 bridgehead atoms. The molecule has 3 nitrogen and oxygen atoms in total. The van der Waals surface area contributed by atoms with Gasteiger partial charge < -0.3 is 9.84 Å². The van der Waals surface area contributed by atoms with E-state index >= 15 is 0 Å². The lowest BCUT2D eigenvalue weighted by atomic mass is 10.2. The van der Waals surface area contributed by atoms with Gasteiger partial charge in [-0.1, -0.05) is 23.7 Å². The standard InChI is InChI=1S/C16H11BrClFO3/c17-13-7-10(2-6-16(20)21)1-5-15(13)22-9-11-3-4-12(19)8-14(11)18/h1-8H,9H2,(H,20,21)/b6-2+. The zero-order chi connectivity index (χ0) is 16.1. The molecular formula is C16H11BrClFO3. The summed E-state index contributed by atoms with van der Waals surface area (Å²) < 4.78 is 19.3. The van der Waals surface area contributed by atoms with Gasteiger partial charge in [0.25, 0.3) is 0 Å². The molecule has 6 heteroatoms. The lowest BCUT2D eigenvalue weighted by Crippen LogP contribution is -1.97. The summed E-state index contributed by atoms with van der Waals surface area (Å²) in [5.74, 6) is -0.834. The van der Waals surface area contributed by atoms with Crippen molar-refractivity contribution in [3.8, 4) is 5.75 Å². The number of carboxylic acids is 1. The first-order valence-electron chi connectivity index (χ1n) is 6.23. The number of carbonyl (C=O) groups is 1. The van der Waals surface area contributed by atoms with Crippen LogP contribution < -0.4 is 4.74 Å². The number of carboxylic acid groups (broad SMARTS) is 1. The molecule has 0 aliphatic rings. The lowest BCUT2D eigenvalue weighted by Gasteiger charge is -2.10. The Balaban J connectivity index is 2.08. The summed E-state index contributed by atoms with van der Waals surface area (Å²) >= 11 is 9.29. The van der Waals surface area contributed by atoms with Crippen molar-refractivity contribution < 1.29 is 19.0 Å². The highest BCUT2D eigenvalue weighted by molar-refractivity contribution is 9.10. The van der Waals surface area contributed by atoms with Crippen LogP contribution in [0.15, 0.2) is 46.9 Å². The Morgan fingerprint density at radius 1 is 1.32 bits per heavy atom. The van der Waals surface area contributed by atoms with E-state index in [-0.39, 0.29) is 6.61 Å². The Bertz CT molecular complexity index is 731. The second kappa shape index (κ2) is 7.42. The van der Waals surface area contributed by atoms with Crippen LogP contribution in [-0.2, 0) is 11.4 Å². The molecule has 22 heavy (non-hydrogen) atoms. The van der Waals surface area contributed by atoms with Gasteiger partial charge in [-0.05, 0) is 51.8 Å². The van der Waals surface area contributed by atoms with Crippen LogP contribution in [0.25, 0.3) is 6.08 Å². The number of halogens is 3. The summed E-state index contributed by atoms with van der Waals surface area (Å²) in [4.78, 5) is 10.5. The highest BCUT2D eigenvalue weighted by Gasteiger charge is 2.06. The van der Waals surface area contributed by atoms with Gasteiger partial charge in [0.15, 0.2) is 0 Å². The van der Waals surface area contributed by atoms with Crippen LogP contribution in [0.3, 0.4) is 0 Å². The number of rotatable bonds is 5. The fourth-order valence-corrected chi connectivity index (χ4v) is 2.43. The van der Waals surface area contributed by atoms with Crippen LogP contribution in [-0.4, -0.2) is 11.1 Å². The van der Waals surface area contributed by atoms with Crippen LogP contribution in [0, 0.1) is 5.82 Å². The minimum atomic E-state index is -1.01. The second-order valence-corrected chi connectivity index (χ2v) is 5.65. The van der Waals surface area contributed by atoms with Gasteiger partial charge in [-0.2, -0.15) is 0 Å². The zero-order valence-electron chi connectivity index (χ0n) is 11.2. The van der Waals surface area contributed by atoms with Crippen molar-refractivity contribution in [2.75, 3.05) is 0 Å². The molecule has 0 saturated carbocycles. The average Bonchev–Trinajstić information content (AvgIpc) is 2.45. The average molecular weight is 386 g/mol. The molecule has 0 aliphatic heterocycles. The Morgan fingerprint density at radius 3 is 2.73 bits per heavy atom. The Morgan fingerprint density at radius 2 is 2.09 bits per heavy atom. The van der Waals surface area contributed by atoms with Crippen molar-refractivity contribution in [3.05, 3.63) is 68.9 Å². The monoisotopic (exact) mass is 384 g/mol. The third-order valence-electron chi connectivity index (χ3n) is 2.77. The summed E-state index contributed by atoms with van der Waals surface area (Å²) in [5, 5.41) is 8.89. The molecule has 0 unspecified atom stereocenters. The molecule has 1 N–H and O–H groups in total. The van der Waals surface area contributed by atoms with E-state index in [0.717, 1.165) is 11.6 Å². The summed E-state index contributed by atoms with van der Waals surface area (Å²) in [5.41, 5.74) is 1.39. The third-order valence-corrected chi connectivity index (χ3v) is 3.74. The van der Waals surface area contributed by atoms with Crippen LogP contribution >= 0.6 is 27.5 Å². The largest absolute Gasteiger partial charge is 0.488 e. The number of ether oxygens (including phenoxy) is 1. The van der Waals surface area contributed by atoms with E-state index in [4.69, 9.17) is 21.4 Å². The van der Waals surface area contributed by atoms with E-state index in [1.165, 1.54) is 18.2 Å². The van der Waals surface area contributed by atoms with Crippen LogP contribution in [0.5, 0.6) is 5.75 Å². The van der Waals surface area contributed by atoms with E-state index < -0.39 is 11.8 Å². The van der Waals surface area contributed by atoms with Crippen molar-refractivity contribution in [3.63, 3.8) is 0 Å². The normalized spacial score (nSPS) is 10.9. The Labute approximate surface area is 140 Å². The molecular weight excluding hydrogens is 375 g/mol. The van der Waals surface area contributed by atoms with Crippen LogP contribution in [0.1, 0.15) is 11.1 Å². The SMILES string of the molecule is O=C(O)/C=C/c1ccc(OCc2ccc(F)cc2Cl)c(Br)c1. The summed E-state index contributed by atoms with van der Waals surface area (Å²) in [6.07, 6.45) is 2.54. The van der Waals surface area contributed by atoms with Crippen molar-refractivity contribution in [1.29, 1.82) is 0 Å². The van der Waals surface area contributed by atoms with Gasteiger partial charge in [-0.25, -0.2) is 9.18 Å². The van der Waals surface area contributed by atoms with E-state index in [9.17, 15) is 9.18 Å². The van der Waals surface area contributed by atoms with Gasteiger partial charge in [0, 0.05) is 11.6 Å². The van der Waals surface area contributed by atoms with Gasteiger partial charge in [0.2, 0.25) is 0 Å². The number of hydrogen-bond acceptors (Lipinski definition) is 2. The van der Waals surface area contributed by atoms with Crippen molar-refractivity contribution in [1.82, 2.24) is 0 Å². The first kappa shape index (κ1) is 16.5. The fourth-order valence-electron chi connectivity index (χ4n) is 1.70. The van der Waals surface area contributed by atoms with Crippen molar-refractivity contribution in [2.45, 2.75) is 6.61 Å². The van der Waals surface area contributed by atoms with E-state index in [2.05, 4.69) is 15.9 Å². The van der Waals surface area contributed by atoms with Crippen molar-refractivity contribution >= 4 is 39.6 Å². The van der Waals surface area contributed by atoms with Crippen molar-refractivity contribution in [2.24, 2.45) is 0 Å². The molecule has 0 aliphatic carbocycles. The zero-order valence-corrected chi connectivity index (χ0v) is 13.6. The minimum absolute atomic E-state index is 0.196. The maximum atomic E-state index is 13.0. The molecule has 0 aromatic heterocycles. The summed E-state index contributed by atoms with van der Waals surface area (Å²) in [6.45, 7) is 0.196. The van der Waals surface area contributed by atoms with Gasteiger partial charge in [-0.3, -0.25) is 0 Å². The molecule has 0 fully saturated rings. The maximum Gasteiger partial charge on any atom is 0.328 e. The lowest BCUT2D eigenvalue weighted by molar-refractivity contribution is -0.131. The predicted molar refractivity (Wildman–Crippen MR) is 86.6 cm³/mol. The topological polar surface area (TPSA) is 46.5 Å². The molecule has 0 spiro atoms. The number of hydrogen-bond donors (Lipinski definition) is 1. The summed E-state index contributed by atoms with van der Waals surface area (Å²) in [6, 6.07) is 9.29. The molecule has 2 aromatic rings. The highest BCUT2D eigenvalue weighted by atomic mass is 79.9. The summed E-state index contributed by atoms with van der Waals surface area (Å²) in [7, 11) is 0. The van der Waals surface area contributed by atoms with Crippen LogP contribution in [0.2, 0.25) is 5.02 Å². The maximum absolute atomic E-state index is 13.0. The molecule has 2 rings (SSSR count).